The summed E-state index contributed by atoms with van der Waals surface area (Å²) in [6, 6.07) is 7.96. The summed E-state index contributed by atoms with van der Waals surface area (Å²) in [4.78, 5) is 26.9. The van der Waals surface area contributed by atoms with Gasteiger partial charge in [0.05, 0.1) is 17.9 Å². The number of rotatable bonds is 4. The fraction of sp³-hybridized carbons (Fsp3) is 0.211. The highest BCUT2D eigenvalue weighted by molar-refractivity contribution is 6.08. The van der Waals surface area contributed by atoms with Crippen LogP contribution in [-0.2, 0) is 5.41 Å². The fourth-order valence-corrected chi connectivity index (χ4v) is 3.36. The van der Waals surface area contributed by atoms with Gasteiger partial charge in [-0.25, -0.2) is 15.0 Å². The topological polar surface area (TPSA) is 133 Å². The summed E-state index contributed by atoms with van der Waals surface area (Å²) < 4.78 is 0. The fourth-order valence-electron chi connectivity index (χ4n) is 3.36. The molecule has 27 heavy (non-hydrogen) atoms. The summed E-state index contributed by atoms with van der Waals surface area (Å²) >= 11 is 0. The van der Waals surface area contributed by atoms with Crippen molar-refractivity contribution in [2.45, 2.75) is 24.7 Å². The molecule has 4 rings (SSSR count). The van der Waals surface area contributed by atoms with E-state index >= 15 is 0 Å². The third-order valence-corrected chi connectivity index (χ3v) is 5.11. The Bertz CT molecular complexity index is 958. The summed E-state index contributed by atoms with van der Waals surface area (Å²) in [5, 5.41) is 11.2. The average Bonchev–Trinajstić information content (AvgIpc) is 3.17. The maximum absolute atomic E-state index is 12.3. The zero-order valence-electron chi connectivity index (χ0n) is 14.6. The van der Waals surface area contributed by atoms with Crippen LogP contribution in [-0.4, -0.2) is 31.7 Å². The molecule has 1 aliphatic carbocycles. The number of nitrogens with one attached hydrogen (secondary N) is 3. The molecule has 2 heterocycles. The van der Waals surface area contributed by atoms with Crippen LogP contribution < -0.4 is 11.1 Å². The van der Waals surface area contributed by atoms with Crippen LogP contribution >= 0.6 is 0 Å². The number of nitrogens with zero attached hydrogens (tertiary/aromatic N) is 3. The quantitative estimate of drug-likeness (QED) is 0.418. The third-order valence-electron chi connectivity index (χ3n) is 5.11. The number of hydrogen-bond acceptors (Lipinski definition) is 6. The van der Waals surface area contributed by atoms with Crippen LogP contribution in [0.15, 0.2) is 49.2 Å². The van der Waals surface area contributed by atoms with Gasteiger partial charge in [0.2, 0.25) is 5.95 Å². The number of amidine groups is 1. The molecule has 136 valence electrons. The van der Waals surface area contributed by atoms with Gasteiger partial charge in [0, 0.05) is 18.0 Å². The van der Waals surface area contributed by atoms with Gasteiger partial charge in [-0.2, -0.15) is 0 Å². The van der Waals surface area contributed by atoms with E-state index in [2.05, 4.69) is 25.3 Å². The summed E-state index contributed by atoms with van der Waals surface area (Å²) in [5.74, 6) is 0.113. The molecule has 1 saturated carbocycles. The number of nitrogens with two attached hydrogens (primary N) is 1. The van der Waals surface area contributed by atoms with Gasteiger partial charge in [-0.1, -0.05) is 30.7 Å². The van der Waals surface area contributed by atoms with Crippen LogP contribution in [0.5, 0.6) is 0 Å². The number of benzene rings is 1. The van der Waals surface area contributed by atoms with Crippen molar-refractivity contribution in [1.82, 2.24) is 25.3 Å². The standard InChI is InChI=1S/C19H19N7O/c20-17(26-16(27)15-10-22-11-25-15)19(6-1-7-19)14-4-2-12(3-5-14)13-8-23-18(21)24-9-13/h2-5,8-11H,1,6-7H2,(H,22,25)(H2,20,26,27)(H2,21,23,24). The molecular formula is C19H19N7O. The van der Waals surface area contributed by atoms with Crippen LogP contribution in [0.2, 0.25) is 0 Å². The SMILES string of the molecule is N=C(NC(=O)c1cnc[nH]1)C1(c2ccc(-c3cnc(N)nc3)cc2)CCC1. The Balaban J connectivity index is 1.55. The predicted octanol–water partition coefficient (Wildman–Crippen LogP) is 2.28. The zero-order valence-corrected chi connectivity index (χ0v) is 14.6. The van der Waals surface area contributed by atoms with Gasteiger partial charge in [-0.15, -0.1) is 0 Å². The van der Waals surface area contributed by atoms with Crippen LogP contribution in [0.25, 0.3) is 11.1 Å². The van der Waals surface area contributed by atoms with Gasteiger partial charge in [0.25, 0.3) is 5.91 Å². The second-order valence-electron chi connectivity index (χ2n) is 6.64. The molecule has 2 aromatic heterocycles. The number of imidazole rings is 1. The monoisotopic (exact) mass is 361 g/mol. The first-order valence-corrected chi connectivity index (χ1v) is 8.66. The van der Waals surface area contributed by atoms with Gasteiger partial charge in [-0.3, -0.25) is 10.2 Å². The molecule has 0 radical (unpaired) electrons. The maximum Gasteiger partial charge on any atom is 0.274 e. The molecule has 8 heteroatoms. The van der Waals surface area contributed by atoms with E-state index < -0.39 is 5.41 Å². The highest BCUT2D eigenvalue weighted by Crippen LogP contribution is 2.44. The lowest BCUT2D eigenvalue weighted by Gasteiger charge is -2.42. The Morgan fingerprint density at radius 2 is 1.81 bits per heavy atom. The molecule has 0 atom stereocenters. The molecule has 1 amide bonds. The Kier molecular flexibility index (Phi) is 4.15. The number of anilines is 1. The molecule has 1 aromatic carbocycles. The Morgan fingerprint density at radius 1 is 1.11 bits per heavy atom. The lowest BCUT2D eigenvalue weighted by Crippen LogP contribution is -2.50. The molecule has 1 aliphatic rings. The van der Waals surface area contributed by atoms with Gasteiger partial charge in [0.15, 0.2) is 0 Å². The van der Waals surface area contributed by atoms with Crippen LogP contribution in [0.1, 0.15) is 35.3 Å². The highest BCUT2D eigenvalue weighted by atomic mass is 16.2. The van der Waals surface area contributed by atoms with Gasteiger partial charge in [-0.05, 0) is 24.0 Å². The van der Waals surface area contributed by atoms with Crippen molar-refractivity contribution in [1.29, 1.82) is 5.41 Å². The lowest BCUT2D eigenvalue weighted by molar-refractivity contribution is 0.0967. The lowest BCUT2D eigenvalue weighted by atomic mass is 9.63. The van der Waals surface area contributed by atoms with Gasteiger partial charge < -0.3 is 16.0 Å². The number of aromatic amines is 1. The van der Waals surface area contributed by atoms with Crippen LogP contribution in [0.4, 0.5) is 5.95 Å². The minimum absolute atomic E-state index is 0.219. The average molecular weight is 361 g/mol. The van der Waals surface area contributed by atoms with Crippen molar-refractivity contribution in [3.05, 3.63) is 60.4 Å². The molecule has 0 spiro atoms. The first kappa shape index (κ1) is 16.9. The highest BCUT2D eigenvalue weighted by Gasteiger charge is 2.43. The van der Waals surface area contributed by atoms with E-state index in [9.17, 15) is 4.79 Å². The Labute approximate surface area is 155 Å². The Morgan fingerprint density at radius 3 is 2.37 bits per heavy atom. The molecule has 3 aromatic rings. The molecule has 5 N–H and O–H groups in total. The van der Waals surface area contributed by atoms with Crippen molar-refractivity contribution < 1.29 is 4.79 Å². The van der Waals surface area contributed by atoms with E-state index in [-0.39, 0.29) is 17.7 Å². The van der Waals surface area contributed by atoms with E-state index in [4.69, 9.17) is 11.1 Å². The zero-order chi connectivity index (χ0) is 18.9. The minimum atomic E-state index is -0.453. The van der Waals surface area contributed by atoms with Crippen molar-refractivity contribution in [2.24, 2.45) is 0 Å². The summed E-state index contributed by atoms with van der Waals surface area (Å²) in [6.07, 6.45) is 8.94. The van der Waals surface area contributed by atoms with Crippen molar-refractivity contribution in [3.63, 3.8) is 0 Å². The van der Waals surface area contributed by atoms with E-state index in [0.717, 1.165) is 36.0 Å². The number of aromatic nitrogens is 4. The number of H-pyrrole nitrogens is 1. The molecular weight excluding hydrogens is 342 g/mol. The maximum atomic E-state index is 12.3. The normalized spacial score (nSPS) is 15.0. The Hall–Kier alpha value is -3.55. The van der Waals surface area contributed by atoms with Crippen LogP contribution in [0.3, 0.4) is 0 Å². The molecule has 8 nitrogen and oxygen atoms in total. The van der Waals surface area contributed by atoms with E-state index in [1.54, 1.807) is 12.4 Å². The van der Waals surface area contributed by atoms with Gasteiger partial charge in [0.1, 0.15) is 11.5 Å². The summed E-state index contributed by atoms with van der Waals surface area (Å²) in [5.41, 5.74) is 8.29. The number of nitrogen functional groups attached to an aromatic ring is 1. The second-order valence-corrected chi connectivity index (χ2v) is 6.64. The van der Waals surface area contributed by atoms with Crippen molar-refractivity contribution in [2.75, 3.05) is 5.73 Å². The number of carbonyl (C=O) groups excluding carboxylic acids is 1. The second kappa shape index (κ2) is 6.64. The van der Waals surface area contributed by atoms with Crippen molar-refractivity contribution >= 4 is 17.7 Å². The molecule has 0 unspecified atom stereocenters. The molecule has 0 aliphatic heterocycles. The molecule has 1 fully saturated rings. The van der Waals surface area contributed by atoms with Gasteiger partial charge >= 0.3 is 0 Å². The van der Waals surface area contributed by atoms with E-state index in [1.165, 1.54) is 12.5 Å². The number of carbonyl (C=O) groups is 1. The summed E-state index contributed by atoms with van der Waals surface area (Å²) in [6.45, 7) is 0. The largest absolute Gasteiger partial charge is 0.368 e. The van der Waals surface area contributed by atoms with Crippen LogP contribution in [0, 0.1) is 5.41 Å². The molecule has 0 bridgehead atoms. The smallest absolute Gasteiger partial charge is 0.274 e. The summed E-state index contributed by atoms with van der Waals surface area (Å²) in [7, 11) is 0. The van der Waals surface area contributed by atoms with E-state index in [0.29, 0.717) is 5.69 Å². The van der Waals surface area contributed by atoms with E-state index in [1.807, 2.05) is 24.3 Å². The van der Waals surface area contributed by atoms with Crippen molar-refractivity contribution in [3.8, 4) is 11.1 Å². The number of hydrogen-bond donors (Lipinski definition) is 4. The first-order valence-electron chi connectivity index (χ1n) is 8.66. The number of amides is 1. The molecule has 0 saturated heterocycles. The predicted molar refractivity (Wildman–Crippen MR) is 101 cm³/mol. The third kappa shape index (κ3) is 3.05. The minimum Gasteiger partial charge on any atom is -0.368 e. The first-order chi connectivity index (χ1) is 13.1.